The van der Waals surface area contributed by atoms with Gasteiger partial charge in [-0.3, -0.25) is 4.79 Å². The third-order valence-corrected chi connectivity index (χ3v) is 5.89. The molecule has 6 nitrogen and oxygen atoms in total. The summed E-state index contributed by atoms with van der Waals surface area (Å²) in [5, 5.41) is 2.71. The van der Waals surface area contributed by atoms with E-state index in [1.54, 1.807) is 24.3 Å². The number of carbonyl (C=O) groups is 1. The molecule has 0 saturated heterocycles. The van der Waals surface area contributed by atoms with Crippen molar-refractivity contribution in [1.29, 1.82) is 0 Å². The zero-order valence-electron chi connectivity index (χ0n) is 15.8. The first-order valence-electron chi connectivity index (χ1n) is 8.63. The molecule has 3 rings (SSSR count). The lowest BCUT2D eigenvalue weighted by atomic mass is 10.2. The first-order chi connectivity index (χ1) is 13.8. The summed E-state index contributed by atoms with van der Waals surface area (Å²) in [6, 6.07) is 18.0. The number of amides is 1. The van der Waals surface area contributed by atoms with Crippen molar-refractivity contribution in [2.75, 3.05) is 19.4 Å². The monoisotopic (exact) mass is 414 g/mol. The molecule has 0 aliphatic rings. The first-order valence-corrected chi connectivity index (χ1v) is 10.1. The maximum atomic E-state index is 12.9. The zero-order valence-corrected chi connectivity index (χ0v) is 16.6. The number of nitrogens with zero attached hydrogens (tertiary/aromatic N) is 1. The average Bonchev–Trinajstić information content (AvgIpc) is 2.70. The molecule has 1 N–H and O–H groups in total. The number of benzene rings is 3. The third-order valence-electron chi connectivity index (χ3n) is 4.06. The highest BCUT2D eigenvalue weighted by molar-refractivity contribution is 7.89. The van der Waals surface area contributed by atoms with Crippen LogP contribution in [0.5, 0.6) is 11.5 Å². The van der Waals surface area contributed by atoms with Gasteiger partial charge in [0.2, 0.25) is 10.0 Å². The van der Waals surface area contributed by atoms with E-state index in [2.05, 4.69) is 5.32 Å². The molecule has 3 aromatic rings. The molecule has 8 heteroatoms. The van der Waals surface area contributed by atoms with Crippen LogP contribution in [0.3, 0.4) is 0 Å². The van der Waals surface area contributed by atoms with Crippen molar-refractivity contribution in [1.82, 2.24) is 4.31 Å². The molecular formula is C21H19FN2O4S. The van der Waals surface area contributed by atoms with Crippen LogP contribution >= 0.6 is 0 Å². The molecule has 0 spiro atoms. The SMILES string of the molecule is CN(C)S(=O)(=O)c1ccc(NC(=O)c2ccc(Oc3ccc(F)cc3)cc2)cc1. The highest BCUT2D eigenvalue weighted by Gasteiger charge is 2.17. The van der Waals surface area contributed by atoms with E-state index in [9.17, 15) is 17.6 Å². The second-order valence-corrected chi connectivity index (χ2v) is 8.50. The molecule has 1 amide bonds. The van der Waals surface area contributed by atoms with Crippen LogP contribution < -0.4 is 10.1 Å². The third kappa shape index (κ3) is 4.98. The minimum absolute atomic E-state index is 0.141. The number of halogens is 1. The number of ether oxygens (including phenoxy) is 1. The summed E-state index contributed by atoms with van der Waals surface area (Å²) in [4.78, 5) is 12.5. The number of rotatable bonds is 6. The van der Waals surface area contributed by atoms with Gasteiger partial charge in [-0.25, -0.2) is 17.1 Å². The van der Waals surface area contributed by atoms with Gasteiger partial charge in [0.25, 0.3) is 5.91 Å². The summed E-state index contributed by atoms with van der Waals surface area (Å²) in [5.41, 5.74) is 0.876. The lowest BCUT2D eigenvalue weighted by Gasteiger charge is -2.12. The van der Waals surface area contributed by atoms with E-state index in [1.807, 2.05) is 0 Å². The van der Waals surface area contributed by atoms with Crippen LogP contribution in [0.15, 0.2) is 77.7 Å². The van der Waals surface area contributed by atoms with Crippen LogP contribution in [-0.2, 0) is 10.0 Å². The molecule has 3 aromatic carbocycles. The number of sulfonamides is 1. The van der Waals surface area contributed by atoms with Crippen molar-refractivity contribution in [3.63, 3.8) is 0 Å². The van der Waals surface area contributed by atoms with Gasteiger partial charge in [-0.1, -0.05) is 0 Å². The van der Waals surface area contributed by atoms with Crippen LogP contribution in [0.4, 0.5) is 10.1 Å². The van der Waals surface area contributed by atoms with Gasteiger partial charge in [-0.05, 0) is 72.8 Å². The van der Waals surface area contributed by atoms with Crippen LogP contribution in [0.25, 0.3) is 0 Å². The molecule has 150 valence electrons. The van der Waals surface area contributed by atoms with Gasteiger partial charge in [0.15, 0.2) is 0 Å². The largest absolute Gasteiger partial charge is 0.457 e. The first kappa shape index (κ1) is 20.5. The highest BCUT2D eigenvalue weighted by atomic mass is 32.2. The van der Waals surface area contributed by atoms with Crippen molar-refractivity contribution < 1.29 is 22.3 Å². The van der Waals surface area contributed by atoms with Crippen LogP contribution in [0.2, 0.25) is 0 Å². The van der Waals surface area contributed by atoms with Gasteiger partial charge in [0.05, 0.1) is 4.90 Å². The maximum absolute atomic E-state index is 12.9. The number of anilines is 1. The van der Waals surface area contributed by atoms with Crippen LogP contribution in [-0.4, -0.2) is 32.7 Å². The minimum Gasteiger partial charge on any atom is -0.457 e. The van der Waals surface area contributed by atoms with Crippen molar-refractivity contribution in [3.8, 4) is 11.5 Å². The number of carbonyl (C=O) groups excluding carboxylic acids is 1. The molecule has 0 heterocycles. The van der Waals surface area contributed by atoms with E-state index in [0.29, 0.717) is 22.7 Å². The average molecular weight is 414 g/mol. The quantitative estimate of drug-likeness (QED) is 0.658. The molecule has 0 unspecified atom stereocenters. The summed E-state index contributed by atoms with van der Waals surface area (Å²) >= 11 is 0. The second kappa shape index (κ2) is 8.42. The van der Waals surface area contributed by atoms with E-state index in [-0.39, 0.29) is 16.6 Å². The predicted octanol–water partition coefficient (Wildman–Crippen LogP) is 4.12. The van der Waals surface area contributed by atoms with Gasteiger partial charge >= 0.3 is 0 Å². The van der Waals surface area contributed by atoms with Gasteiger partial charge in [0, 0.05) is 25.3 Å². The predicted molar refractivity (Wildman–Crippen MR) is 108 cm³/mol. The van der Waals surface area contributed by atoms with Gasteiger partial charge in [-0.15, -0.1) is 0 Å². The Labute approximate surface area is 168 Å². The normalized spacial score (nSPS) is 11.3. The Morgan fingerprint density at radius 2 is 1.38 bits per heavy atom. The molecular weight excluding hydrogens is 395 g/mol. The lowest BCUT2D eigenvalue weighted by molar-refractivity contribution is 0.102. The summed E-state index contributed by atoms with van der Waals surface area (Å²) in [6.07, 6.45) is 0. The molecule has 0 saturated carbocycles. The molecule has 0 aliphatic heterocycles. The number of hydrogen-bond acceptors (Lipinski definition) is 4. The fraction of sp³-hybridized carbons (Fsp3) is 0.0952. The summed E-state index contributed by atoms with van der Waals surface area (Å²) < 4.78 is 43.8. The number of nitrogens with one attached hydrogen (secondary N) is 1. The Hall–Kier alpha value is -3.23. The second-order valence-electron chi connectivity index (χ2n) is 6.35. The summed E-state index contributed by atoms with van der Waals surface area (Å²) in [6.45, 7) is 0. The Morgan fingerprint density at radius 3 is 1.90 bits per heavy atom. The van der Waals surface area contributed by atoms with E-state index >= 15 is 0 Å². The fourth-order valence-electron chi connectivity index (χ4n) is 2.44. The summed E-state index contributed by atoms with van der Waals surface area (Å²) in [5.74, 6) is 0.293. The Kier molecular flexibility index (Phi) is 5.95. The van der Waals surface area contributed by atoms with E-state index in [0.717, 1.165) is 4.31 Å². The Morgan fingerprint density at radius 1 is 0.862 bits per heavy atom. The highest BCUT2D eigenvalue weighted by Crippen LogP contribution is 2.22. The van der Waals surface area contributed by atoms with Gasteiger partial charge in [0.1, 0.15) is 17.3 Å². The van der Waals surface area contributed by atoms with Crippen molar-refractivity contribution in [2.24, 2.45) is 0 Å². The van der Waals surface area contributed by atoms with Crippen molar-refractivity contribution in [3.05, 3.63) is 84.2 Å². The maximum Gasteiger partial charge on any atom is 0.255 e. The van der Waals surface area contributed by atoms with Gasteiger partial charge in [-0.2, -0.15) is 0 Å². The smallest absolute Gasteiger partial charge is 0.255 e. The zero-order chi connectivity index (χ0) is 21.0. The van der Waals surface area contributed by atoms with Crippen molar-refractivity contribution in [2.45, 2.75) is 4.90 Å². The molecule has 0 atom stereocenters. The standard InChI is InChI=1S/C21H19FN2O4S/c1-24(2)29(26,27)20-13-7-17(8-14-20)23-21(25)15-3-9-18(10-4-15)28-19-11-5-16(22)6-12-19/h3-14H,1-2H3,(H,23,25). The minimum atomic E-state index is -3.52. The Balaban J connectivity index is 1.65. The molecule has 0 bridgehead atoms. The molecule has 0 aliphatic carbocycles. The van der Waals surface area contributed by atoms with Crippen LogP contribution in [0, 0.1) is 5.82 Å². The Bertz CT molecular complexity index is 1090. The summed E-state index contributed by atoms with van der Waals surface area (Å²) in [7, 11) is -0.616. The van der Waals surface area contributed by atoms with Gasteiger partial charge < -0.3 is 10.1 Å². The topological polar surface area (TPSA) is 75.7 Å². The molecule has 0 aromatic heterocycles. The van der Waals surface area contributed by atoms with Crippen molar-refractivity contribution >= 4 is 21.6 Å². The molecule has 0 fully saturated rings. The lowest BCUT2D eigenvalue weighted by Crippen LogP contribution is -2.22. The fourth-order valence-corrected chi connectivity index (χ4v) is 3.34. The van der Waals surface area contributed by atoms with Crippen LogP contribution in [0.1, 0.15) is 10.4 Å². The molecule has 29 heavy (non-hydrogen) atoms. The molecule has 0 radical (unpaired) electrons. The van der Waals surface area contributed by atoms with E-state index in [4.69, 9.17) is 4.74 Å². The number of hydrogen-bond donors (Lipinski definition) is 1. The van der Waals surface area contributed by atoms with E-state index in [1.165, 1.54) is 62.6 Å². The van der Waals surface area contributed by atoms with E-state index < -0.39 is 10.0 Å².